The van der Waals surface area contributed by atoms with Crippen LogP contribution in [0.3, 0.4) is 0 Å². The molecule has 0 bridgehead atoms. The van der Waals surface area contributed by atoms with Crippen molar-refractivity contribution >= 4 is 6.09 Å². The van der Waals surface area contributed by atoms with Gasteiger partial charge in [-0.05, 0) is 58.3 Å². The van der Waals surface area contributed by atoms with Crippen LogP contribution in [0.15, 0.2) is 0 Å². The van der Waals surface area contributed by atoms with Gasteiger partial charge in [-0.15, -0.1) is 0 Å². The van der Waals surface area contributed by atoms with Crippen molar-refractivity contribution in [1.29, 1.82) is 0 Å². The van der Waals surface area contributed by atoms with Crippen molar-refractivity contribution in [3.05, 3.63) is 0 Å². The molecule has 0 aromatic carbocycles. The number of hydrogen-bond acceptors (Lipinski definition) is 3. The molecular weight excluding hydrogens is 278 g/mol. The van der Waals surface area contributed by atoms with Gasteiger partial charge in [-0.25, -0.2) is 13.6 Å². The third-order valence-corrected chi connectivity index (χ3v) is 3.75. The Bertz CT molecular complexity index is 362. The highest BCUT2D eigenvalue weighted by atomic mass is 19.3. The van der Waals surface area contributed by atoms with Gasteiger partial charge in [0.1, 0.15) is 5.60 Å². The summed E-state index contributed by atoms with van der Waals surface area (Å²) in [7, 11) is 0. The van der Waals surface area contributed by atoms with Crippen molar-refractivity contribution in [3.8, 4) is 0 Å². The molecule has 2 N–H and O–H groups in total. The number of halogens is 2. The summed E-state index contributed by atoms with van der Waals surface area (Å²) in [5.74, 6) is -1.81. The Labute approximate surface area is 125 Å². The number of rotatable bonds is 7. The Hall–Kier alpha value is -0.910. The Balaban J connectivity index is 1.69. The van der Waals surface area contributed by atoms with Crippen LogP contribution < -0.4 is 10.6 Å². The minimum absolute atomic E-state index is 0.234. The van der Waals surface area contributed by atoms with E-state index in [1.807, 2.05) is 0 Å². The number of hydrogen-bond donors (Lipinski definition) is 2. The predicted octanol–water partition coefficient (Wildman–Crippen LogP) is 2.92. The van der Waals surface area contributed by atoms with Crippen molar-refractivity contribution < 1.29 is 18.3 Å². The first-order valence-corrected chi connectivity index (χ1v) is 7.74. The van der Waals surface area contributed by atoms with Crippen LogP contribution in [0.2, 0.25) is 0 Å². The fourth-order valence-electron chi connectivity index (χ4n) is 2.47. The summed E-state index contributed by atoms with van der Waals surface area (Å²) in [6.45, 7) is 4.00. The summed E-state index contributed by atoms with van der Waals surface area (Å²) in [5, 5.41) is 5.16. The molecule has 0 spiro atoms. The molecule has 2 aliphatic rings. The zero-order chi connectivity index (χ0) is 15.7. The minimum atomic E-state index is -2.96. The Kier molecular flexibility index (Phi) is 4.76. The smallest absolute Gasteiger partial charge is 0.407 e. The van der Waals surface area contributed by atoms with Gasteiger partial charge in [0.05, 0.1) is 13.1 Å². The van der Waals surface area contributed by atoms with E-state index in [-0.39, 0.29) is 12.6 Å². The largest absolute Gasteiger partial charge is 0.444 e. The average molecular weight is 304 g/mol. The molecule has 4 nitrogen and oxygen atoms in total. The fraction of sp³-hybridized carbons (Fsp3) is 0.933. The highest BCUT2D eigenvalue weighted by molar-refractivity contribution is 5.67. The van der Waals surface area contributed by atoms with E-state index in [4.69, 9.17) is 4.74 Å². The molecule has 2 rings (SSSR count). The lowest BCUT2D eigenvalue weighted by molar-refractivity contribution is -0.00662. The van der Waals surface area contributed by atoms with Crippen molar-refractivity contribution in [2.45, 2.75) is 64.0 Å². The monoisotopic (exact) mass is 304 g/mol. The van der Waals surface area contributed by atoms with E-state index < -0.39 is 24.2 Å². The number of carbonyl (C=O) groups is 1. The fourth-order valence-corrected chi connectivity index (χ4v) is 2.47. The zero-order valence-electron chi connectivity index (χ0n) is 13.0. The van der Waals surface area contributed by atoms with Crippen molar-refractivity contribution in [3.63, 3.8) is 0 Å². The van der Waals surface area contributed by atoms with Crippen LogP contribution in [0.5, 0.6) is 0 Å². The molecule has 6 heteroatoms. The molecule has 2 fully saturated rings. The molecule has 21 heavy (non-hydrogen) atoms. The molecule has 122 valence electrons. The zero-order valence-corrected chi connectivity index (χ0v) is 13.0. The summed E-state index contributed by atoms with van der Waals surface area (Å²) in [6, 6.07) is 0.234. The third kappa shape index (κ3) is 6.16. The standard InChI is InChI=1S/C15H26F2N2O2/c1-14(2,3)21-13(20)19-9-15(16,17)8-18-12(10-4-5-10)11-6-7-11/h10-12,18H,4-9H2,1-3H3,(H,19,20). The second kappa shape index (κ2) is 6.07. The summed E-state index contributed by atoms with van der Waals surface area (Å²) in [5.41, 5.74) is -0.680. The van der Waals surface area contributed by atoms with Gasteiger partial charge in [0.25, 0.3) is 5.92 Å². The van der Waals surface area contributed by atoms with Gasteiger partial charge in [-0.2, -0.15) is 0 Å². The number of alkyl halides is 2. The van der Waals surface area contributed by atoms with Crippen LogP contribution in [0.1, 0.15) is 46.5 Å². The van der Waals surface area contributed by atoms with Crippen LogP contribution in [0, 0.1) is 11.8 Å². The first-order valence-electron chi connectivity index (χ1n) is 7.74. The molecule has 0 radical (unpaired) electrons. The van der Waals surface area contributed by atoms with Crippen LogP contribution in [-0.2, 0) is 4.74 Å². The van der Waals surface area contributed by atoms with Gasteiger partial charge in [0, 0.05) is 6.04 Å². The number of ether oxygens (including phenoxy) is 1. The Morgan fingerprint density at radius 2 is 1.67 bits per heavy atom. The SMILES string of the molecule is CC(C)(C)OC(=O)NCC(F)(F)CNC(C1CC1)C1CC1. The van der Waals surface area contributed by atoms with E-state index in [9.17, 15) is 13.6 Å². The first kappa shape index (κ1) is 16.5. The molecule has 0 aromatic heterocycles. The van der Waals surface area contributed by atoms with Gasteiger partial charge >= 0.3 is 6.09 Å². The number of alkyl carbamates (subject to hydrolysis) is 1. The van der Waals surface area contributed by atoms with E-state index in [1.54, 1.807) is 20.8 Å². The van der Waals surface area contributed by atoms with Crippen LogP contribution >= 0.6 is 0 Å². The Morgan fingerprint density at radius 1 is 1.14 bits per heavy atom. The Morgan fingerprint density at radius 3 is 2.10 bits per heavy atom. The lowest BCUT2D eigenvalue weighted by atomic mass is 10.1. The highest BCUT2D eigenvalue weighted by Gasteiger charge is 2.42. The molecule has 0 saturated heterocycles. The summed E-state index contributed by atoms with van der Waals surface area (Å²) in [4.78, 5) is 11.4. The molecule has 0 heterocycles. The second-order valence-corrected chi connectivity index (χ2v) is 7.29. The lowest BCUT2D eigenvalue weighted by Crippen LogP contribution is -2.47. The molecule has 2 saturated carbocycles. The maximum absolute atomic E-state index is 13.8. The van der Waals surface area contributed by atoms with Gasteiger partial charge in [-0.1, -0.05) is 0 Å². The topological polar surface area (TPSA) is 50.4 Å². The van der Waals surface area contributed by atoms with E-state index in [2.05, 4.69) is 10.6 Å². The third-order valence-electron chi connectivity index (χ3n) is 3.75. The summed E-state index contributed by atoms with van der Waals surface area (Å²) >= 11 is 0. The van der Waals surface area contributed by atoms with E-state index in [1.165, 1.54) is 0 Å². The van der Waals surface area contributed by atoms with Crippen LogP contribution in [0.4, 0.5) is 13.6 Å². The maximum atomic E-state index is 13.8. The van der Waals surface area contributed by atoms with E-state index in [0.29, 0.717) is 11.8 Å². The van der Waals surface area contributed by atoms with E-state index in [0.717, 1.165) is 25.7 Å². The average Bonchev–Trinajstić information content (AvgIpc) is 3.17. The molecule has 0 aliphatic heterocycles. The number of nitrogens with one attached hydrogen (secondary N) is 2. The highest BCUT2D eigenvalue weighted by Crippen LogP contribution is 2.44. The van der Waals surface area contributed by atoms with Gasteiger partial charge in [-0.3, -0.25) is 0 Å². The quantitative estimate of drug-likeness (QED) is 0.760. The molecule has 2 aliphatic carbocycles. The van der Waals surface area contributed by atoms with Crippen LogP contribution in [0.25, 0.3) is 0 Å². The van der Waals surface area contributed by atoms with Crippen molar-refractivity contribution in [1.82, 2.24) is 10.6 Å². The van der Waals surface area contributed by atoms with Gasteiger partial charge in [0.15, 0.2) is 0 Å². The van der Waals surface area contributed by atoms with Gasteiger partial charge in [0.2, 0.25) is 0 Å². The number of amides is 1. The molecule has 0 atom stereocenters. The normalized spacial score (nSPS) is 19.7. The molecular formula is C15H26F2N2O2. The summed E-state index contributed by atoms with van der Waals surface area (Å²) < 4.78 is 32.6. The minimum Gasteiger partial charge on any atom is -0.444 e. The van der Waals surface area contributed by atoms with Crippen molar-refractivity contribution in [2.24, 2.45) is 11.8 Å². The van der Waals surface area contributed by atoms with Crippen molar-refractivity contribution in [2.75, 3.05) is 13.1 Å². The second-order valence-electron chi connectivity index (χ2n) is 7.29. The lowest BCUT2D eigenvalue weighted by Gasteiger charge is -2.24. The van der Waals surface area contributed by atoms with Crippen LogP contribution in [-0.4, -0.2) is 36.7 Å². The summed E-state index contributed by atoms with van der Waals surface area (Å²) in [6.07, 6.45) is 3.79. The maximum Gasteiger partial charge on any atom is 0.407 e. The predicted molar refractivity (Wildman–Crippen MR) is 76.4 cm³/mol. The van der Waals surface area contributed by atoms with Gasteiger partial charge < -0.3 is 15.4 Å². The molecule has 1 amide bonds. The molecule has 0 unspecified atom stereocenters. The number of carbonyl (C=O) groups excluding carboxylic acids is 1. The molecule has 0 aromatic rings. The van der Waals surface area contributed by atoms with E-state index >= 15 is 0 Å². The first-order chi connectivity index (χ1) is 9.66.